The van der Waals surface area contributed by atoms with Gasteiger partial charge in [0, 0.05) is 37.1 Å². The number of hydrogen-bond acceptors (Lipinski definition) is 6. The van der Waals surface area contributed by atoms with Gasteiger partial charge in [0.15, 0.2) is 11.5 Å². The fourth-order valence-corrected chi connectivity index (χ4v) is 4.05. The van der Waals surface area contributed by atoms with Gasteiger partial charge in [-0.2, -0.15) is 0 Å². The van der Waals surface area contributed by atoms with Gasteiger partial charge in [0.2, 0.25) is 12.1 Å². The number of piperidine rings is 1. The zero-order chi connectivity index (χ0) is 18.9. The first-order chi connectivity index (χ1) is 13.7. The van der Waals surface area contributed by atoms with Gasteiger partial charge in [-0.1, -0.05) is 30.3 Å². The number of ether oxygens (including phenoxy) is 2. The summed E-state index contributed by atoms with van der Waals surface area (Å²) in [7, 11) is 0. The van der Waals surface area contributed by atoms with E-state index >= 15 is 0 Å². The molecule has 144 valence electrons. The van der Waals surface area contributed by atoms with Gasteiger partial charge in [-0.15, -0.1) is 0 Å². The van der Waals surface area contributed by atoms with Gasteiger partial charge in [-0.25, -0.2) is 9.97 Å². The van der Waals surface area contributed by atoms with Crippen LogP contribution in [-0.2, 0) is 6.54 Å². The summed E-state index contributed by atoms with van der Waals surface area (Å²) < 4.78 is 11.0. The lowest BCUT2D eigenvalue weighted by molar-refractivity contribution is 0.174. The Bertz CT molecular complexity index is 991. The average molecular weight is 397 g/mol. The summed E-state index contributed by atoms with van der Waals surface area (Å²) in [6.07, 6.45) is 2.11. The summed E-state index contributed by atoms with van der Waals surface area (Å²) in [5.74, 6) is 2.18. The molecule has 2 aliphatic heterocycles. The van der Waals surface area contributed by atoms with Crippen molar-refractivity contribution in [3.63, 3.8) is 0 Å². The molecule has 3 aromatic rings. The normalized spacial score (nSPS) is 17.2. The van der Waals surface area contributed by atoms with Gasteiger partial charge in [0.1, 0.15) is 5.82 Å². The van der Waals surface area contributed by atoms with E-state index in [1.165, 1.54) is 5.56 Å². The Balaban J connectivity index is 1.30. The maximum atomic E-state index is 6.16. The zero-order valence-corrected chi connectivity index (χ0v) is 16.2. The molecular formula is C21H21ClN4O2. The quantitative estimate of drug-likeness (QED) is 0.670. The molecular weight excluding hydrogens is 376 g/mol. The predicted octanol–water partition coefficient (Wildman–Crippen LogP) is 4.09. The predicted molar refractivity (Wildman–Crippen MR) is 109 cm³/mol. The molecule has 7 heteroatoms. The molecule has 3 heterocycles. The van der Waals surface area contributed by atoms with Crippen LogP contribution in [0.3, 0.4) is 0 Å². The zero-order valence-electron chi connectivity index (χ0n) is 15.4. The molecule has 0 saturated carbocycles. The van der Waals surface area contributed by atoms with Gasteiger partial charge in [0.25, 0.3) is 0 Å². The number of fused-ring (bicyclic) bond motifs is 2. The first-order valence-electron chi connectivity index (χ1n) is 9.54. The Morgan fingerprint density at radius 1 is 1.04 bits per heavy atom. The Hall–Kier alpha value is -2.57. The van der Waals surface area contributed by atoms with E-state index < -0.39 is 0 Å². The van der Waals surface area contributed by atoms with Gasteiger partial charge >= 0.3 is 0 Å². The molecule has 0 atom stereocenters. The van der Waals surface area contributed by atoms with Gasteiger partial charge in [-0.05, 0) is 36.1 Å². The summed E-state index contributed by atoms with van der Waals surface area (Å²) in [4.78, 5) is 11.3. The van der Waals surface area contributed by atoms with E-state index in [2.05, 4.69) is 50.5 Å². The highest BCUT2D eigenvalue weighted by atomic mass is 35.5. The van der Waals surface area contributed by atoms with Gasteiger partial charge < -0.3 is 14.8 Å². The van der Waals surface area contributed by atoms with E-state index in [9.17, 15) is 0 Å². The van der Waals surface area contributed by atoms with E-state index in [1.807, 2.05) is 12.1 Å². The highest BCUT2D eigenvalue weighted by molar-refractivity contribution is 6.28. The number of rotatable bonds is 4. The number of likely N-dealkylation sites (tertiary alicyclic amines) is 1. The van der Waals surface area contributed by atoms with Crippen molar-refractivity contribution in [2.24, 2.45) is 0 Å². The fourth-order valence-electron chi connectivity index (χ4n) is 3.87. The van der Waals surface area contributed by atoms with E-state index in [1.54, 1.807) is 0 Å². The molecule has 2 aromatic carbocycles. The van der Waals surface area contributed by atoms with E-state index in [4.69, 9.17) is 21.1 Å². The number of benzene rings is 2. The second-order valence-corrected chi connectivity index (χ2v) is 7.58. The Morgan fingerprint density at radius 3 is 2.57 bits per heavy atom. The third kappa shape index (κ3) is 3.57. The molecule has 1 fully saturated rings. The SMILES string of the molecule is Clc1nc(NC2CCN(Cc3ccccc3)CC2)c2cc3c(cc2n1)OCO3. The van der Waals surface area contributed by atoms with Crippen molar-refractivity contribution in [1.82, 2.24) is 14.9 Å². The standard InChI is InChI=1S/C21H21ClN4O2/c22-21-24-17-11-19-18(27-13-28-19)10-16(17)20(25-21)23-15-6-8-26(9-7-15)12-14-4-2-1-3-5-14/h1-5,10-11,15H,6-9,12-13H2,(H,23,24,25). The first kappa shape index (κ1) is 17.5. The smallest absolute Gasteiger partial charge is 0.231 e. The molecule has 0 radical (unpaired) electrons. The molecule has 0 unspecified atom stereocenters. The third-order valence-electron chi connectivity index (χ3n) is 5.34. The molecule has 1 saturated heterocycles. The fraction of sp³-hybridized carbons (Fsp3) is 0.333. The lowest BCUT2D eigenvalue weighted by atomic mass is 10.0. The third-order valence-corrected chi connectivity index (χ3v) is 5.51. The molecule has 1 aromatic heterocycles. The average Bonchev–Trinajstić information content (AvgIpc) is 3.16. The van der Waals surface area contributed by atoms with Crippen LogP contribution in [0.15, 0.2) is 42.5 Å². The van der Waals surface area contributed by atoms with Crippen molar-refractivity contribution in [3.8, 4) is 11.5 Å². The maximum absolute atomic E-state index is 6.16. The van der Waals surface area contributed by atoms with Crippen LogP contribution in [0.4, 0.5) is 5.82 Å². The second-order valence-electron chi connectivity index (χ2n) is 7.24. The molecule has 0 spiro atoms. The van der Waals surface area contributed by atoms with Crippen molar-refractivity contribution in [2.45, 2.75) is 25.4 Å². The van der Waals surface area contributed by atoms with Crippen LogP contribution in [0.25, 0.3) is 10.9 Å². The van der Waals surface area contributed by atoms with Crippen molar-refractivity contribution >= 4 is 28.3 Å². The van der Waals surface area contributed by atoms with Crippen molar-refractivity contribution in [1.29, 1.82) is 0 Å². The minimum Gasteiger partial charge on any atom is -0.454 e. The molecule has 28 heavy (non-hydrogen) atoms. The maximum Gasteiger partial charge on any atom is 0.231 e. The molecule has 5 rings (SSSR count). The van der Waals surface area contributed by atoms with Crippen LogP contribution in [0, 0.1) is 0 Å². The lowest BCUT2D eigenvalue weighted by Gasteiger charge is -2.32. The second kappa shape index (κ2) is 7.45. The van der Waals surface area contributed by atoms with Crippen molar-refractivity contribution in [2.75, 3.05) is 25.2 Å². The van der Waals surface area contributed by atoms with Crippen LogP contribution >= 0.6 is 11.6 Å². The summed E-state index contributed by atoms with van der Waals surface area (Å²) >= 11 is 6.16. The van der Waals surface area contributed by atoms with E-state index in [0.29, 0.717) is 11.8 Å². The molecule has 0 amide bonds. The number of nitrogens with zero attached hydrogens (tertiary/aromatic N) is 3. The highest BCUT2D eigenvalue weighted by Gasteiger charge is 2.22. The summed E-state index contributed by atoms with van der Waals surface area (Å²) in [6.45, 7) is 3.33. The number of nitrogens with one attached hydrogen (secondary N) is 1. The van der Waals surface area contributed by atoms with E-state index in [-0.39, 0.29) is 12.1 Å². The minimum absolute atomic E-state index is 0.232. The van der Waals surface area contributed by atoms with Crippen LogP contribution in [0.5, 0.6) is 11.5 Å². The van der Waals surface area contributed by atoms with Crippen LogP contribution in [-0.4, -0.2) is 40.8 Å². The van der Waals surface area contributed by atoms with Gasteiger partial charge in [0.05, 0.1) is 5.52 Å². The van der Waals surface area contributed by atoms with Gasteiger partial charge in [-0.3, -0.25) is 4.90 Å². The molecule has 0 bridgehead atoms. The molecule has 0 aliphatic carbocycles. The molecule has 2 aliphatic rings. The topological polar surface area (TPSA) is 59.5 Å². The van der Waals surface area contributed by atoms with Crippen LogP contribution in [0.2, 0.25) is 5.28 Å². The van der Waals surface area contributed by atoms with E-state index in [0.717, 1.165) is 54.9 Å². The van der Waals surface area contributed by atoms with Crippen molar-refractivity contribution < 1.29 is 9.47 Å². The molecule has 1 N–H and O–H groups in total. The molecule has 6 nitrogen and oxygen atoms in total. The monoisotopic (exact) mass is 396 g/mol. The first-order valence-corrected chi connectivity index (χ1v) is 9.92. The van der Waals surface area contributed by atoms with Crippen molar-refractivity contribution in [3.05, 3.63) is 53.3 Å². The number of anilines is 1. The summed E-state index contributed by atoms with van der Waals surface area (Å²) in [5.41, 5.74) is 2.12. The van der Waals surface area contributed by atoms with Crippen LogP contribution in [0.1, 0.15) is 18.4 Å². The summed E-state index contributed by atoms with van der Waals surface area (Å²) in [6, 6.07) is 14.8. The minimum atomic E-state index is 0.232. The Kier molecular flexibility index (Phi) is 4.66. The number of hydrogen-bond donors (Lipinski definition) is 1. The lowest BCUT2D eigenvalue weighted by Crippen LogP contribution is -2.38. The van der Waals surface area contributed by atoms with Crippen LogP contribution < -0.4 is 14.8 Å². The number of aromatic nitrogens is 2. The highest BCUT2D eigenvalue weighted by Crippen LogP contribution is 2.38. The Labute approximate surface area is 168 Å². The summed E-state index contributed by atoms with van der Waals surface area (Å²) in [5, 5.41) is 4.72. The largest absolute Gasteiger partial charge is 0.454 e. The Morgan fingerprint density at radius 2 is 1.79 bits per heavy atom. The number of halogens is 1.